The molecule has 3 rings (SSSR count). The summed E-state index contributed by atoms with van der Waals surface area (Å²) in [4.78, 5) is 10.1. The van der Waals surface area contributed by atoms with E-state index in [9.17, 15) is 0 Å². The maximum absolute atomic E-state index is 5.55. The fourth-order valence-electron chi connectivity index (χ4n) is 3.82. The number of hydrogen-bond donors (Lipinski definition) is 3. The third kappa shape index (κ3) is 5.39. The van der Waals surface area contributed by atoms with Gasteiger partial charge in [0.2, 0.25) is 0 Å². The summed E-state index contributed by atoms with van der Waals surface area (Å²) in [6.07, 6.45) is 5.15. The summed E-state index contributed by atoms with van der Waals surface area (Å²) in [5.74, 6) is 0.860. The van der Waals surface area contributed by atoms with Gasteiger partial charge in [0.25, 0.3) is 0 Å². The molecule has 1 saturated heterocycles. The van der Waals surface area contributed by atoms with Crippen LogP contribution in [0.15, 0.2) is 29.4 Å². The SMILES string of the molecule is CN=C(NCCc1c[nH]c2cc(C)ccc12)NCC1(N(C)C)CCOCC1.I. The minimum atomic E-state index is 0. The fourth-order valence-corrected chi connectivity index (χ4v) is 3.82. The summed E-state index contributed by atoms with van der Waals surface area (Å²) >= 11 is 0. The Morgan fingerprint density at radius 3 is 2.68 bits per heavy atom. The van der Waals surface area contributed by atoms with Crippen LogP contribution in [-0.4, -0.2) is 68.8 Å². The van der Waals surface area contributed by atoms with Gasteiger partial charge in [-0.15, -0.1) is 24.0 Å². The Bertz CT molecular complexity index is 780. The predicted octanol–water partition coefficient (Wildman–Crippen LogP) is 2.91. The number of nitrogens with one attached hydrogen (secondary N) is 3. The van der Waals surface area contributed by atoms with Gasteiger partial charge in [-0.2, -0.15) is 0 Å². The van der Waals surface area contributed by atoms with Crippen LogP contribution in [0.2, 0.25) is 0 Å². The molecule has 0 unspecified atom stereocenters. The largest absolute Gasteiger partial charge is 0.381 e. The number of ether oxygens (including phenoxy) is 1. The zero-order valence-corrected chi connectivity index (χ0v) is 19.8. The lowest BCUT2D eigenvalue weighted by atomic mass is 9.88. The molecular formula is C21H34IN5O. The van der Waals surface area contributed by atoms with Gasteiger partial charge in [-0.25, -0.2) is 0 Å². The molecule has 0 radical (unpaired) electrons. The number of likely N-dealkylation sites (N-methyl/N-ethyl adjacent to an activating group) is 1. The van der Waals surface area contributed by atoms with Crippen LogP contribution in [0.1, 0.15) is 24.0 Å². The molecule has 2 aromatic rings. The highest BCUT2D eigenvalue weighted by Gasteiger charge is 2.34. The molecule has 28 heavy (non-hydrogen) atoms. The van der Waals surface area contributed by atoms with Gasteiger partial charge in [-0.05, 0) is 57.5 Å². The van der Waals surface area contributed by atoms with E-state index in [4.69, 9.17) is 4.74 Å². The highest BCUT2D eigenvalue weighted by Crippen LogP contribution is 2.25. The van der Waals surface area contributed by atoms with E-state index >= 15 is 0 Å². The second kappa shape index (κ2) is 10.5. The number of benzene rings is 1. The fraction of sp³-hybridized carbons (Fsp3) is 0.571. The van der Waals surface area contributed by atoms with Crippen LogP contribution in [0, 0.1) is 6.92 Å². The molecule has 0 atom stereocenters. The number of fused-ring (bicyclic) bond motifs is 1. The minimum absolute atomic E-state index is 0. The Morgan fingerprint density at radius 2 is 2.00 bits per heavy atom. The van der Waals surface area contributed by atoms with Crippen LogP contribution >= 0.6 is 24.0 Å². The average Bonchev–Trinajstić information content (AvgIpc) is 3.07. The number of halogens is 1. The molecule has 3 N–H and O–H groups in total. The van der Waals surface area contributed by atoms with E-state index in [0.29, 0.717) is 0 Å². The first-order chi connectivity index (χ1) is 13.0. The molecule has 0 saturated carbocycles. The van der Waals surface area contributed by atoms with Gasteiger partial charge in [0.05, 0.1) is 0 Å². The Balaban J connectivity index is 0.00000280. The van der Waals surface area contributed by atoms with Gasteiger partial charge in [0, 0.05) is 56.0 Å². The number of aryl methyl sites for hydroxylation is 1. The summed E-state index contributed by atoms with van der Waals surface area (Å²) < 4.78 is 5.55. The number of nitrogens with zero attached hydrogens (tertiary/aromatic N) is 2. The Labute approximate surface area is 185 Å². The number of aliphatic imine (C=N–C) groups is 1. The summed E-state index contributed by atoms with van der Waals surface area (Å²) in [6, 6.07) is 6.57. The number of H-pyrrole nitrogens is 1. The van der Waals surface area contributed by atoms with E-state index < -0.39 is 0 Å². The molecular weight excluding hydrogens is 465 g/mol. The van der Waals surface area contributed by atoms with E-state index in [1.54, 1.807) is 0 Å². The summed E-state index contributed by atoms with van der Waals surface area (Å²) in [6.45, 7) is 5.49. The molecule has 156 valence electrons. The maximum Gasteiger partial charge on any atom is 0.191 e. The van der Waals surface area contributed by atoms with Crippen molar-refractivity contribution in [3.8, 4) is 0 Å². The molecule has 0 amide bonds. The highest BCUT2D eigenvalue weighted by atomic mass is 127. The molecule has 0 spiro atoms. The Morgan fingerprint density at radius 1 is 1.25 bits per heavy atom. The van der Waals surface area contributed by atoms with E-state index in [-0.39, 0.29) is 29.5 Å². The van der Waals surface area contributed by atoms with Gasteiger partial charge in [-0.1, -0.05) is 12.1 Å². The first-order valence-corrected chi connectivity index (χ1v) is 9.80. The van der Waals surface area contributed by atoms with Crippen LogP contribution in [0.3, 0.4) is 0 Å². The standard InChI is InChI=1S/C21H33N5O.HI/c1-16-5-6-18-17(14-24-19(18)13-16)7-10-23-20(22-2)25-15-21(26(3)4)8-11-27-12-9-21;/h5-6,13-14,24H,7-12,15H2,1-4H3,(H2,22,23,25);1H. The average molecular weight is 499 g/mol. The summed E-state index contributed by atoms with van der Waals surface area (Å²) in [5, 5.41) is 8.28. The van der Waals surface area contributed by atoms with Crippen molar-refractivity contribution in [3.63, 3.8) is 0 Å². The molecule has 1 aliphatic rings. The van der Waals surface area contributed by atoms with Crippen LogP contribution in [0.5, 0.6) is 0 Å². The number of aromatic amines is 1. The Kier molecular flexibility index (Phi) is 8.57. The van der Waals surface area contributed by atoms with E-state index in [1.165, 1.54) is 22.0 Å². The van der Waals surface area contributed by atoms with Gasteiger partial charge < -0.3 is 25.3 Å². The predicted molar refractivity (Wildman–Crippen MR) is 128 cm³/mol. The third-order valence-corrected chi connectivity index (χ3v) is 5.79. The summed E-state index contributed by atoms with van der Waals surface area (Å²) in [5.41, 5.74) is 3.95. The van der Waals surface area contributed by atoms with Crippen LogP contribution in [0.4, 0.5) is 0 Å². The van der Waals surface area contributed by atoms with E-state index in [1.807, 2.05) is 7.05 Å². The first kappa shape index (κ1) is 23.0. The van der Waals surface area contributed by atoms with Crippen molar-refractivity contribution in [3.05, 3.63) is 35.5 Å². The molecule has 0 bridgehead atoms. The topological polar surface area (TPSA) is 64.7 Å². The number of aromatic nitrogens is 1. The zero-order chi connectivity index (χ0) is 19.3. The van der Waals surface area contributed by atoms with Gasteiger partial charge >= 0.3 is 0 Å². The van der Waals surface area contributed by atoms with Gasteiger partial charge in [0.1, 0.15) is 0 Å². The van der Waals surface area contributed by atoms with Crippen molar-refractivity contribution >= 4 is 40.8 Å². The van der Waals surface area contributed by atoms with Crippen molar-refractivity contribution < 1.29 is 4.74 Å². The van der Waals surface area contributed by atoms with Crippen LogP contribution < -0.4 is 10.6 Å². The molecule has 1 aliphatic heterocycles. The lowest BCUT2D eigenvalue weighted by Crippen LogP contribution is -2.57. The van der Waals surface area contributed by atoms with Crippen LogP contribution in [0.25, 0.3) is 10.9 Å². The molecule has 1 fully saturated rings. The lowest BCUT2D eigenvalue weighted by molar-refractivity contribution is -0.00500. The highest BCUT2D eigenvalue weighted by molar-refractivity contribution is 14.0. The molecule has 0 aliphatic carbocycles. The lowest BCUT2D eigenvalue weighted by Gasteiger charge is -2.43. The second-order valence-corrected chi connectivity index (χ2v) is 7.70. The zero-order valence-electron chi connectivity index (χ0n) is 17.5. The van der Waals surface area contributed by atoms with Crippen molar-refractivity contribution in [2.75, 3.05) is 47.4 Å². The van der Waals surface area contributed by atoms with Crippen LogP contribution in [-0.2, 0) is 11.2 Å². The quantitative estimate of drug-likeness (QED) is 0.325. The third-order valence-electron chi connectivity index (χ3n) is 5.79. The number of hydrogen-bond acceptors (Lipinski definition) is 3. The second-order valence-electron chi connectivity index (χ2n) is 7.70. The number of guanidine groups is 1. The van der Waals surface area contributed by atoms with Gasteiger partial charge in [0.15, 0.2) is 5.96 Å². The van der Waals surface area contributed by atoms with Crippen molar-refractivity contribution in [1.82, 2.24) is 20.5 Å². The normalized spacial score (nSPS) is 16.8. The van der Waals surface area contributed by atoms with Crippen molar-refractivity contribution in [1.29, 1.82) is 0 Å². The molecule has 1 aromatic carbocycles. The summed E-state index contributed by atoms with van der Waals surface area (Å²) in [7, 11) is 6.14. The van der Waals surface area contributed by atoms with E-state index in [2.05, 4.69) is 70.9 Å². The Hall–Kier alpha value is -1.32. The molecule has 6 nitrogen and oxygen atoms in total. The van der Waals surface area contributed by atoms with Crippen molar-refractivity contribution in [2.45, 2.75) is 31.7 Å². The van der Waals surface area contributed by atoms with Crippen molar-refractivity contribution in [2.24, 2.45) is 4.99 Å². The van der Waals surface area contributed by atoms with E-state index in [0.717, 1.165) is 51.5 Å². The molecule has 7 heteroatoms. The molecule has 1 aromatic heterocycles. The minimum Gasteiger partial charge on any atom is -0.381 e. The van der Waals surface area contributed by atoms with Gasteiger partial charge in [-0.3, -0.25) is 4.99 Å². The first-order valence-electron chi connectivity index (χ1n) is 9.80. The maximum atomic E-state index is 5.55. The monoisotopic (exact) mass is 499 g/mol. The smallest absolute Gasteiger partial charge is 0.191 e. The molecule has 2 heterocycles. The number of rotatable bonds is 6.